The largest absolute Gasteiger partial charge is 0.493 e. The molecule has 0 spiro atoms. The van der Waals surface area contributed by atoms with Gasteiger partial charge >= 0.3 is 0 Å². The van der Waals surface area contributed by atoms with Crippen molar-refractivity contribution >= 4 is 12.4 Å². The van der Waals surface area contributed by atoms with Crippen LogP contribution in [-0.2, 0) is 0 Å². The SMILES string of the molecule is COc1cccc(C=NN=Cc2cccc(OC)c2OC)c1OC. The first-order chi connectivity index (χ1) is 11.7. The Balaban J connectivity index is 2.22. The number of ether oxygens (including phenoxy) is 4. The van der Waals surface area contributed by atoms with E-state index in [1.54, 1.807) is 40.9 Å². The quantitative estimate of drug-likeness (QED) is 0.578. The molecule has 0 aliphatic rings. The smallest absolute Gasteiger partial charge is 0.169 e. The van der Waals surface area contributed by atoms with Crippen molar-refractivity contribution in [3.63, 3.8) is 0 Å². The van der Waals surface area contributed by atoms with Crippen molar-refractivity contribution in [2.24, 2.45) is 10.2 Å². The second-order valence-electron chi connectivity index (χ2n) is 4.65. The summed E-state index contributed by atoms with van der Waals surface area (Å²) in [5.74, 6) is 2.50. The molecule has 0 atom stereocenters. The second kappa shape index (κ2) is 8.57. The van der Waals surface area contributed by atoms with E-state index in [9.17, 15) is 0 Å². The maximum atomic E-state index is 5.34. The maximum absolute atomic E-state index is 5.34. The molecule has 2 aromatic rings. The van der Waals surface area contributed by atoms with E-state index in [4.69, 9.17) is 18.9 Å². The molecule has 0 aliphatic carbocycles. The van der Waals surface area contributed by atoms with Crippen LogP contribution in [0.3, 0.4) is 0 Å². The summed E-state index contributed by atoms with van der Waals surface area (Å²) >= 11 is 0. The van der Waals surface area contributed by atoms with Crippen LogP contribution in [0.15, 0.2) is 46.6 Å². The number of nitrogens with zero attached hydrogens (tertiary/aromatic N) is 2. The van der Waals surface area contributed by atoms with Crippen molar-refractivity contribution in [3.05, 3.63) is 47.5 Å². The molecule has 0 bridgehead atoms. The summed E-state index contributed by atoms with van der Waals surface area (Å²) in [6.07, 6.45) is 3.20. The Hall–Kier alpha value is -3.02. The van der Waals surface area contributed by atoms with Gasteiger partial charge in [0.05, 0.1) is 40.9 Å². The summed E-state index contributed by atoms with van der Waals surface area (Å²) < 4.78 is 21.2. The van der Waals surface area contributed by atoms with E-state index >= 15 is 0 Å². The fourth-order valence-corrected chi connectivity index (χ4v) is 2.22. The van der Waals surface area contributed by atoms with Crippen LogP contribution in [-0.4, -0.2) is 40.9 Å². The Morgan fingerprint density at radius 1 is 0.625 bits per heavy atom. The molecule has 0 amide bonds. The first kappa shape index (κ1) is 17.3. The average Bonchev–Trinajstić information content (AvgIpc) is 2.64. The molecule has 0 unspecified atom stereocenters. The van der Waals surface area contributed by atoms with E-state index in [0.717, 1.165) is 11.1 Å². The van der Waals surface area contributed by atoms with Crippen LogP contribution in [0.4, 0.5) is 0 Å². The highest BCUT2D eigenvalue weighted by atomic mass is 16.5. The third kappa shape index (κ3) is 3.84. The second-order valence-corrected chi connectivity index (χ2v) is 4.65. The molecule has 0 saturated carbocycles. The predicted octanol–water partition coefficient (Wildman–Crippen LogP) is 3.17. The lowest BCUT2D eigenvalue weighted by Gasteiger charge is -2.09. The predicted molar refractivity (Wildman–Crippen MR) is 94.3 cm³/mol. The summed E-state index contributed by atoms with van der Waals surface area (Å²) in [6, 6.07) is 11.1. The molecule has 2 rings (SSSR count). The van der Waals surface area contributed by atoms with Gasteiger partial charge < -0.3 is 18.9 Å². The maximum Gasteiger partial charge on any atom is 0.169 e. The van der Waals surface area contributed by atoms with Crippen LogP contribution < -0.4 is 18.9 Å². The van der Waals surface area contributed by atoms with Gasteiger partial charge in [0.25, 0.3) is 0 Å². The normalized spacial score (nSPS) is 11.0. The molecule has 0 aromatic heterocycles. The Kier molecular flexibility index (Phi) is 6.19. The first-order valence-corrected chi connectivity index (χ1v) is 7.23. The van der Waals surface area contributed by atoms with Crippen LogP contribution in [0, 0.1) is 0 Å². The van der Waals surface area contributed by atoms with Gasteiger partial charge in [-0.25, -0.2) is 0 Å². The molecule has 126 valence electrons. The molecule has 0 aliphatic heterocycles. The van der Waals surface area contributed by atoms with Gasteiger partial charge in [0.2, 0.25) is 0 Å². The summed E-state index contributed by atoms with van der Waals surface area (Å²) in [4.78, 5) is 0. The summed E-state index contributed by atoms with van der Waals surface area (Å²) in [7, 11) is 6.34. The zero-order chi connectivity index (χ0) is 17.4. The molecule has 24 heavy (non-hydrogen) atoms. The molecular formula is C18H20N2O4. The fourth-order valence-electron chi connectivity index (χ4n) is 2.22. The van der Waals surface area contributed by atoms with Crippen molar-refractivity contribution in [1.29, 1.82) is 0 Å². The highest BCUT2D eigenvalue weighted by Gasteiger charge is 2.08. The number of rotatable bonds is 7. The zero-order valence-corrected chi connectivity index (χ0v) is 14.1. The fraction of sp³-hybridized carbons (Fsp3) is 0.222. The van der Waals surface area contributed by atoms with Crippen LogP contribution in [0.25, 0.3) is 0 Å². The van der Waals surface area contributed by atoms with Crippen LogP contribution in [0.2, 0.25) is 0 Å². The standard InChI is InChI=1S/C18H20N2O4/c1-21-15-9-5-7-13(17(15)23-3)11-19-20-12-14-8-6-10-16(22-2)18(14)24-4/h5-12H,1-4H3. The molecule has 0 heterocycles. The van der Waals surface area contributed by atoms with Crippen molar-refractivity contribution in [1.82, 2.24) is 0 Å². The van der Waals surface area contributed by atoms with Gasteiger partial charge in [-0.15, -0.1) is 0 Å². The number of para-hydroxylation sites is 2. The van der Waals surface area contributed by atoms with Gasteiger partial charge in [-0.05, 0) is 24.3 Å². The molecule has 6 heteroatoms. The molecule has 0 fully saturated rings. The van der Waals surface area contributed by atoms with Crippen LogP contribution in [0.1, 0.15) is 11.1 Å². The third-order valence-corrected chi connectivity index (χ3v) is 3.33. The van der Waals surface area contributed by atoms with Gasteiger partial charge in [-0.3, -0.25) is 0 Å². The average molecular weight is 328 g/mol. The van der Waals surface area contributed by atoms with E-state index < -0.39 is 0 Å². The summed E-state index contributed by atoms with van der Waals surface area (Å²) in [5, 5.41) is 8.13. The van der Waals surface area contributed by atoms with E-state index in [-0.39, 0.29) is 0 Å². The van der Waals surface area contributed by atoms with Gasteiger partial charge in [-0.1, -0.05) is 12.1 Å². The van der Waals surface area contributed by atoms with Gasteiger partial charge in [0.1, 0.15) is 0 Å². The molecule has 6 nitrogen and oxygen atoms in total. The van der Waals surface area contributed by atoms with E-state index in [0.29, 0.717) is 23.0 Å². The van der Waals surface area contributed by atoms with Gasteiger partial charge in [-0.2, -0.15) is 10.2 Å². The summed E-state index contributed by atoms with van der Waals surface area (Å²) in [6.45, 7) is 0. The minimum atomic E-state index is 0.609. The van der Waals surface area contributed by atoms with Crippen molar-refractivity contribution < 1.29 is 18.9 Å². The number of hydrogen-bond donors (Lipinski definition) is 0. The number of methoxy groups -OCH3 is 4. The Morgan fingerprint density at radius 3 is 1.38 bits per heavy atom. The lowest BCUT2D eigenvalue weighted by atomic mass is 10.2. The molecule has 0 radical (unpaired) electrons. The van der Waals surface area contributed by atoms with Crippen LogP contribution >= 0.6 is 0 Å². The zero-order valence-electron chi connectivity index (χ0n) is 14.1. The van der Waals surface area contributed by atoms with Crippen molar-refractivity contribution in [2.75, 3.05) is 28.4 Å². The van der Waals surface area contributed by atoms with E-state index in [1.807, 2.05) is 36.4 Å². The minimum Gasteiger partial charge on any atom is -0.493 e. The highest BCUT2D eigenvalue weighted by molar-refractivity contribution is 5.87. The van der Waals surface area contributed by atoms with Gasteiger partial charge in [0.15, 0.2) is 23.0 Å². The minimum absolute atomic E-state index is 0.609. The Morgan fingerprint density at radius 2 is 1.04 bits per heavy atom. The monoisotopic (exact) mass is 328 g/mol. The molecular weight excluding hydrogens is 308 g/mol. The van der Waals surface area contributed by atoms with E-state index in [2.05, 4.69) is 10.2 Å². The lowest BCUT2D eigenvalue weighted by Crippen LogP contribution is -1.95. The Labute approximate surface area is 141 Å². The number of benzene rings is 2. The first-order valence-electron chi connectivity index (χ1n) is 7.23. The van der Waals surface area contributed by atoms with Crippen LogP contribution in [0.5, 0.6) is 23.0 Å². The molecule has 2 aromatic carbocycles. The molecule has 0 N–H and O–H groups in total. The summed E-state index contributed by atoms with van der Waals surface area (Å²) in [5.41, 5.74) is 1.54. The van der Waals surface area contributed by atoms with Crippen molar-refractivity contribution in [3.8, 4) is 23.0 Å². The third-order valence-electron chi connectivity index (χ3n) is 3.33. The lowest BCUT2D eigenvalue weighted by molar-refractivity contribution is 0.354. The molecule has 0 saturated heterocycles. The topological polar surface area (TPSA) is 61.6 Å². The van der Waals surface area contributed by atoms with E-state index in [1.165, 1.54) is 0 Å². The highest BCUT2D eigenvalue weighted by Crippen LogP contribution is 2.30. The van der Waals surface area contributed by atoms with Crippen molar-refractivity contribution in [2.45, 2.75) is 0 Å². The number of hydrogen-bond acceptors (Lipinski definition) is 6. The Bertz CT molecular complexity index is 678. The van der Waals surface area contributed by atoms with Gasteiger partial charge in [0, 0.05) is 11.1 Å².